The molecular weight excluding hydrogens is 246 g/mol. The molecule has 0 aliphatic carbocycles. The Bertz CT molecular complexity index is 423. The van der Waals surface area contributed by atoms with Gasteiger partial charge in [-0.1, -0.05) is 6.07 Å². The maximum Gasteiger partial charge on any atom is 0.239 e. The fourth-order valence-electron chi connectivity index (χ4n) is 2.07. The van der Waals surface area contributed by atoms with Crippen molar-refractivity contribution < 1.29 is 9.53 Å². The van der Waals surface area contributed by atoms with Gasteiger partial charge in [-0.25, -0.2) is 10.8 Å². The first kappa shape index (κ1) is 13.7. The predicted molar refractivity (Wildman–Crippen MR) is 71.1 cm³/mol. The van der Waals surface area contributed by atoms with E-state index in [-0.39, 0.29) is 11.9 Å². The molecule has 7 nitrogen and oxygen atoms in total. The average molecular weight is 265 g/mol. The molecule has 4 N–H and O–H groups in total. The van der Waals surface area contributed by atoms with Gasteiger partial charge in [0.05, 0.1) is 13.2 Å². The summed E-state index contributed by atoms with van der Waals surface area (Å²) >= 11 is 0. The van der Waals surface area contributed by atoms with Gasteiger partial charge in [0.25, 0.3) is 0 Å². The first-order valence-corrected chi connectivity index (χ1v) is 6.19. The number of amides is 1. The highest BCUT2D eigenvalue weighted by molar-refractivity contribution is 5.81. The van der Waals surface area contributed by atoms with E-state index in [1.165, 1.54) is 0 Å². The van der Waals surface area contributed by atoms with Crippen LogP contribution in [0.25, 0.3) is 0 Å². The minimum Gasteiger partial charge on any atom is -0.378 e. The van der Waals surface area contributed by atoms with Gasteiger partial charge in [-0.3, -0.25) is 9.69 Å². The number of hydrogen-bond acceptors (Lipinski definition) is 6. The van der Waals surface area contributed by atoms with E-state index in [4.69, 9.17) is 10.6 Å². The number of nitrogen functional groups attached to an aromatic ring is 1. The Labute approximate surface area is 112 Å². The number of hydrogen-bond donors (Lipinski definition) is 3. The molecule has 2 rings (SSSR count). The SMILES string of the molecule is CNC(=O)C1COCCN1Cc1ccc(NN)nc1. The predicted octanol–water partition coefficient (Wildman–Crippen LogP) is -0.686. The molecule has 0 bridgehead atoms. The molecule has 1 aliphatic rings. The lowest BCUT2D eigenvalue weighted by Crippen LogP contribution is -2.52. The maximum absolute atomic E-state index is 11.8. The summed E-state index contributed by atoms with van der Waals surface area (Å²) in [7, 11) is 1.64. The van der Waals surface area contributed by atoms with Crippen LogP contribution in [0.3, 0.4) is 0 Å². The van der Waals surface area contributed by atoms with Gasteiger partial charge in [-0.2, -0.15) is 0 Å². The molecule has 0 saturated carbocycles. The van der Waals surface area contributed by atoms with Gasteiger partial charge in [0.15, 0.2) is 0 Å². The van der Waals surface area contributed by atoms with Crippen LogP contribution in [0.15, 0.2) is 18.3 Å². The third-order valence-electron chi connectivity index (χ3n) is 3.15. The summed E-state index contributed by atoms with van der Waals surface area (Å²) in [6, 6.07) is 3.51. The topological polar surface area (TPSA) is 92.5 Å². The second kappa shape index (κ2) is 6.46. The largest absolute Gasteiger partial charge is 0.378 e. The van der Waals surface area contributed by atoms with Crippen molar-refractivity contribution in [3.05, 3.63) is 23.9 Å². The molecule has 1 saturated heterocycles. The molecule has 2 heterocycles. The number of ether oxygens (including phenoxy) is 1. The zero-order chi connectivity index (χ0) is 13.7. The smallest absolute Gasteiger partial charge is 0.239 e. The maximum atomic E-state index is 11.8. The number of hydrazine groups is 1. The Morgan fingerprint density at radius 2 is 2.47 bits per heavy atom. The lowest BCUT2D eigenvalue weighted by molar-refractivity contribution is -0.132. The Morgan fingerprint density at radius 3 is 3.11 bits per heavy atom. The highest BCUT2D eigenvalue weighted by Gasteiger charge is 2.28. The average Bonchev–Trinajstić information content (AvgIpc) is 2.48. The molecule has 19 heavy (non-hydrogen) atoms. The van der Waals surface area contributed by atoms with Crippen molar-refractivity contribution in [1.29, 1.82) is 0 Å². The van der Waals surface area contributed by atoms with Crippen molar-refractivity contribution in [1.82, 2.24) is 15.2 Å². The van der Waals surface area contributed by atoms with Gasteiger partial charge in [0, 0.05) is 26.3 Å². The number of likely N-dealkylation sites (N-methyl/N-ethyl adjacent to an activating group) is 1. The zero-order valence-corrected chi connectivity index (χ0v) is 10.9. The van der Waals surface area contributed by atoms with E-state index in [9.17, 15) is 4.79 Å². The van der Waals surface area contributed by atoms with Crippen LogP contribution >= 0.6 is 0 Å². The monoisotopic (exact) mass is 265 g/mol. The van der Waals surface area contributed by atoms with Gasteiger partial charge < -0.3 is 15.5 Å². The fraction of sp³-hybridized carbons (Fsp3) is 0.500. The van der Waals surface area contributed by atoms with E-state index < -0.39 is 0 Å². The molecule has 1 aromatic heterocycles. The molecule has 7 heteroatoms. The van der Waals surface area contributed by atoms with Crippen LogP contribution in [0.5, 0.6) is 0 Å². The molecule has 1 unspecified atom stereocenters. The van der Waals surface area contributed by atoms with Gasteiger partial charge in [0.1, 0.15) is 11.9 Å². The van der Waals surface area contributed by atoms with E-state index >= 15 is 0 Å². The highest BCUT2D eigenvalue weighted by atomic mass is 16.5. The quantitative estimate of drug-likeness (QED) is 0.493. The van der Waals surface area contributed by atoms with E-state index in [0.29, 0.717) is 25.6 Å². The van der Waals surface area contributed by atoms with Crippen LogP contribution in [0.4, 0.5) is 5.82 Å². The number of pyridine rings is 1. The number of carbonyl (C=O) groups excluding carboxylic acids is 1. The van der Waals surface area contributed by atoms with Crippen molar-refractivity contribution in [2.24, 2.45) is 5.84 Å². The number of morpholine rings is 1. The summed E-state index contributed by atoms with van der Waals surface area (Å²) in [6.45, 7) is 2.47. The molecule has 0 spiro atoms. The molecule has 1 aromatic rings. The summed E-state index contributed by atoms with van der Waals surface area (Å²) in [5.41, 5.74) is 3.52. The number of anilines is 1. The molecule has 1 fully saturated rings. The lowest BCUT2D eigenvalue weighted by atomic mass is 10.1. The number of nitrogens with zero attached hydrogens (tertiary/aromatic N) is 2. The number of aromatic nitrogens is 1. The Hall–Kier alpha value is -1.70. The van der Waals surface area contributed by atoms with E-state index in [0.717, 1.165) is 12.1 Å². The normalized spacial score (nSPS) is 20.0. The summed E-state index contributed by atoms with van der Waals surface area (Å²) in [5, 5.41) is 2.67. The number of rotatable bonds is 4. The summed E-state index contributed by atoms with van der Waals surface area (Å²) < 4.78 is 5.36. The Kier molecular flexibility index (Phi) is 4.67. The van der Waals surface area contributed by atoms with Crippen molar-refractivity contribution in [2.45, 2.75) is 12.6 Å². The molecule has 1 amide bonds. The van der Waals surface area contributed by atoms with Crippen LogP contribution < -0.4 is 16.6 Å². The lowest BCUT2D eigenvalue weighted by Gasteiger charge is -2.34. The van der Waals surface area contributed by atoms with Crippen molar-refractivity contribution in [3.63, 3.8) is 0 Å². The van der Waals surface area contributed by atoms with Gasteiger partial charge in [0.2, 0.25) is 5.91 Å². The van der Waals surface area contributed by atoms with Crippen molar-refractivity contribution >= 4 is 11.7 Å². The second-order valence-corrected chi connectivity index (χ2v) is 4.37. The van der Waals surface area contributed by atoms with Gasteiger partial charge in [-0.05, 0) is 11.6 Å². The highest BCUT2D eigenvalue weighted by Crippen LogP contribution is 2.13. The number of nitrogens with one attached hydrogen (secondary N) is 2. The van der Waals surface area contributed by atoms with Crippen LogP contribution in [-0.2, 0) is 16.1 Å². The van der Waals surface area contributed by atoms with Crippen molar-refractivity contribution in [2.75, 3.05) is 32.2 Å². The molecule has 0 aromatic carbocycles. The van der Waals surface area contributed by atoms with Crippen LogP contribution in [0.1, 0.15) is 5.56 Å². The minimum absolute atomic E-state index is 0.0205. The third-order valence-corrected chi connectivity index (χ3v) is 3.15. The molecule has 1 atom stereocenters. The zero-order valence-electron chi connectivity index (χ0n) is 10.9. The number of carbonyl (C=O) groups is 1. The Balaban J connectivity index is 2.03. The van der Waals surface area contributed by atoms with Crippen LogP contribution in [-0.4, -0.2) is 48.6 Å². The van der Waals surface area contributed by atoms with Gasteiger partial charge >= 0.3 is 0 Å². The summed E-state index contributed by atoms with van der Waals surface area (Å²) in [5.74, 6) is 5.87. The molecular formula is C12H19N5O2. The Morgan fingerprint density at radius 1 is 1.63 bits per heavy atom. The summed E-state index contributed by atoms with van der Waals surface area (Å²) in [4.78, 5) is 18.0. The minimum atomic E-state index is -0.244. The van der Waals surface area contributed by atoms with Gasteiger partial charge in [-0.15, -0.1) is 0 Å². The van der Waals surface area contributed by atoms with E-state index in [2.05, 4.69) is 20.6 Å². The van der Waals surface area contributed by atoms with E-state index in [1.807, 2.05) is 12.1 Å². The first-order valence-electron chi connectivity index (χ1n) is 6.19. The number of nitrogens with two attached hydrogens (primary N) is 1. The van der Waals surface area contributed by atoms with E-state index in [1.54, 1.807) is 13.2 Å². The summed E-state index contributed by atoms with van der Waals surface area (Å²) in [6.07, 6.45) is 1.76. The molecule has 1 aliphatic heterocycles. The standard InChI is InChI=1S/C12H19N5O2/c1-14-12(18)10-8-19-5-4-17(10)7-9-2-3-11(16-13)15-6-9/h2-3,6,10H,4-5,7-8,13H2,1H3,(H,14,18)(H,15,16). The fourth-order valence-corrected chi connectivity index (χ4v) is 2.07. The third kappa shape index (κ3) is 3.40. The second-order valence-electron chi connectivity index (χ2n) is 4.37. The first-order chi connectivity index (χ1) is 9.24. The van der Waals surface area contributed by atoms with Crippen LogP contribution in [0, 0.1) is 0 Å². The molecule has 104 valence electrons. The molecule has 0 radical (unpaired) electrons. The van der Waals surface area contributed by atoms with Crippen molar-refractivity contribution in [3.8, 4) is 0 Å². The van der Waals surface area contributed by atoms with Crippen LogP contribution in [0.2, 0.25) is 0 Å².